The standard InChI is InChI=1S/C10H17BrO2/c1-4-10(7-6-8-11)13-9(3)12-5-2/h4,7,9H,1,5-6,8H2,2-3H3/b10-7+. The van der Waals surface area contributed by atoms with E-state index in [1.807, 2.05) is 19.9 Å². The summed E-state index contributed by atoms with van der Waals surface area (Å²) in [7, 11) is 0. The summed E-state index contributed by atoms with van der Waals surface area (Å²) >= 11 is 3.34. The maximum atomic E-state index is 5.44. The van der Waals surface area contributed by atoms with Crippen LogP contribution in [0.4, 0.5) is 0 Å². The Balaban J connectivity index is 3.89. The van der Waals surface area contributed by atoms with Crippen LogP contribution in [-0.4, -0.2) is 18.2 Å². The highest BCUT2D eigenvalue weighted by molar-refractivity contribution is 9.09. The number of rotatable bonds is 7. The summed E-state index contributed by atoms with van der Waals surface area (Å²) in [6.07, 6.45) is 4.40. The summed E-state index contributed by atoms with van der Waals surface area (Å²) in [6, 6.07) is 0. The number of alkyl halides is 1. The van der Waals surface area contributed by atoms with Crippen LogP contribution in [0, 0.1) is 0 Å². The summed E-state index contributed by atoms with van der Waals surface area (Å²) in [5.41, 5.74) is 0. The molecule has 0 aromatic rings. The van der Waals surface area contributed by atoms with Crippen molar-refractivity contribution in [1.29, 1.82) is 0 Å². The van der Waals surface area contributed by atoms with Crippen LogP contribution in [-0.2, 0) is 9.47 Å². The fourth-order valence-corrected chi connectivity index (χ4v) is 1.07. The van der Waals surface area contributed by atoms with Gasteiger partial charge in [0.05, 0.1) is 0 Å². The van der Waals surface area contributed by atoms with E-state index in [4.69, 9.17) is 9.47 Å². The minimum Gasteiger partial charge on any atom is -0.466 e. The van der Waals surface area contributed by atoms with E-state index in [2.05, 4.69) is 22.5 Å². The van der Waals surface area contributed by atoms with Crippen LogP contribution in [0.25, 0.3) is 0 Å². The minimum atomic E-state index is -0.204. The third kappa shape index (κ3) is 6.84. The second kappa shape index (κ2) is 8.32. The molecule has 0 aliphatic rings. The molecule has 2 nitrogen and oxygen atoms in total. The highest BCUT2D eigenvalue weighted by atomic mass is 79.9. The molecule has 0 N–H and O–H groups in total. The van der Waals surface area contributed by atoms with Crippen molar-refractivity contribution in [1.82, 2.24) is 0 Å². The Morgan fingerprint density at radius 3 is 2.77 bits per heavy atom. The third-order valence-electron chi connectivity index (χ3n) is 1.36. The molecule has 0 aromatic heterocycles. The lowest BCUT2D eigenvalue weighted by Gasteiger charge is -2.14. The maximum absolute atomic E-state index is 5.44. The molecule has 76 valence electrons. The second-order valence-corrected chi connectivity index (χ2v) is 3.22. The summed E-state index contributed by atoms with van der Waals surface area (Å²) < 4.78 is 10.7. The molecule has 0 fully saturated rings. The molecule has 0 amide bonds. The smallest absolute Gasteiger partial charge is 0.196 e. The van der Waals surface area contributed by atoms with Crippen molar-refractivity contribution in [3.05, 3.63) is 24.5 Å². The van der Waals surface area contributed by atoms with Crippen molar-refractivity contribution in [2.45, 2.75) is 26.6 Å². The van der Waals surface area contributed by atoms with Gasteiger partial charge in [0, 0.05) is 11.9 Å². The normalized spacial score (nSPS) is 13.9. The molecule has 0 aromatic carbocycles. The lowest BCUT2D eigenvalue weighted by Crippen LogP contribution is -2.11. The molecule has 0 saturated carbocycles. The van der Waals surface area contributed by atoms with Crippen molar-refractivity contribution < 1.29 is 9.47 Å². The van der Waals surface area contributed by atoms with Gasteiger partial charge in [-0.15, -0.1) is 0 Å². The number of allylic oxidation sites excluding steroid dienone is 2. The molecule has 0 heterocycles. The van der Waals surface area contributed by atoms with Gasteiger partial charge in [-0.25, -0.2) is 0 Å². The molecule has 13 heavy (non-hydrogen) atoms. The van der Waals surface area contributed by atoms with Crippen molar-refractivity contribution in [2.24, 2.45) is 0 Å². The predicted octanol–water partition coefficient (Wildman–Crippen LogP) is 3.24. The Labute approximate surface area is 88.7 Å². The van der Waals surface area contributed by atoms with E-state index in [9.17, 15) is 0 Å². The molecule has 0 spiro atoms. The van der Waals surface area contributed by atoms with Crippen LogP contribution in [0.3, 0.4) is 0 Å². The van der Waals surface area contributed by atoms with Gasteiger partial charge in [0.1, 0.15) is 5.76 Å². The van der Waals surface area contributed by atoms with Gasteiger partial charge in [0.2, 0.25) is 0 Å². The maximum Gasteiger partial charge on any atom is 0.196 e. The first kappa shape index (κ1) is 12.7. The fourth-order valence-electron chi connectivity index (χ4n) is 0.837. The van der Waals surface area contributed by atoms with Gasteiger partial charge in [-0.1, -0.05) is 22.5 Å². The first-order valence-electron chi connectivity index (χ1n) is 4.41. The van der Waals surface area contributed by atoms with Crippen LogP contribution in [0.2, 0.25) is 0 Å². The summed E-state index contributed by atoms with van der Waals surface area (Å²) in [4.78, 5) is 0. The first-order valence-corrected chi connectivity index (χ1v) is 5.53. The molecule has 0 aliphatic carbocycles. The van der Waals surface area contributed by atoms with Crippen LogP contribution in [0.1, 0.15) is 20.3 Å². The lowest BCUT2D eigenvalue weighted by molar-refractivity contribution is -0.0957. The second-order valence-electron chi connectivity index (χ2n) is 2.43. The molecule has 0 radical (unpaired) electrons. The molecule has 1 unspecified atom stereocenters. The SMILES string of the molecule is C=C/C(=C\CCBr)OC(C)OCC. The molecule has 0 aliphatic heterocycles. The van der Waals surface area contributed by atoms with E-state index in [1.165, 1.54) is 0 Å². The average Bonchev–Trinajstić information content (AvgIpc) is 2.12. The molecular weight excluding hydrogens is 232 g/mol. The molecule has 0 saturated heterocycles. The van der Waals surface area contributed by atoms with E-state index in [0.29, 0.717) is 6.61 Å². The van der Waals surface area contributed by atoms with Gasteiger partial charge in [-0.3, -0.25) is 0 Å². The number of hydrogen-bond donors (Lipinski definition) is 0. The zero-order valence-electron chi connectivity index (χ0n) is 8.25. The van der Waals surface area contributed by atoms with Gasteiger partial charge in [0.15, 0.2) is 6.29 Å². The minimum absolute atomic E-state index is 0.204. The van der Waals surface area contributed by atoms with E-state index in [1.54, 1.807) is 6.08 Å². The van der Waals surface area contributed by atoms with Gasteiger partial charge < -0.3 is 9.47 Å². The molecule has 0 rings (SSSR count). The topological polar surface area (TPSA) is 18.5 Å². The number of ether oxygens (including phenoxy) is 2. The van der Waals surface area contributed by atoms with E-state index in [-0.39, 0.29) is 6.29 Å². The lowest BCUT2D eigenvalue weighted by atomic mass is 10.4. The van der Waals surface area contributed by atoms with Gasteiger partial charge in [0.25, 0.3) is 0 Å². The molecular formula is C10H17BrO2. The summed E-state index contributed by atoms with van der Waals surface area (Å²) in [5.74, 6) is 0.778. The zero-order chi connectivity index (χ0) is 10.1. The summed E-state index contributed by atoms with van der Waals surface area (Å²) in [6.45, 7) is 8.13. The Hall–Kier alpha value is -0.280. The molecule has 3 heteroatoms. The van der Waals surface area contributed by atoms with Gasteiger partial charge >= 0.3 is 0 Å². The number of hydrogen-bond acceptors (Lipinski definition) is 2. The van der Waals surface area contributed by atoms with E-state index in [0.717, 1.165) is 17.5 Å². The number of halogens is 1. The zero-order valence-corrected chi connectivity index (χ0v) is 9.84. The Morgan fingerprint density at radius 1 is 1.62 bits per heavy atom. The van der Waals surface area contributed by atoms with E-state index >= 15 is 0 Å². The van der Waals surface area contributed by atoms with Crippen LogP contribution >= 0.6 is 15.9 Å². The third-order valence-corrected chi connectivity index (χ3v) is 1.82. The van der Waals surface area contributed by atoms with Gasteiger partial charge in [-0.05, 0) is 32.4 Å². The Bertz CT molecular complexity index is 166. The fraction of sp³-hybridized carbons (Fsp3) is 0.600. The molecule has 1 atom stereocenters. The van der Waals surface area contributed by atoms with E-state index < -0.39 is 0 Å². The van der Waals surface area contributed by atoms with Crippen molar-refractivity contribution >= 4 is 15.9 Å². The largest absolute Gasteiger partial charge is 0.466 e. The van der Waals surface area contributed by atoms with Crippen molar-refractivity contribution in [3.63, 3.8) is 0 Å². The highest BCUT2D eigenvalue weighted by Gasteiger charge is 2.01. The monoisotopic (exact) mass is 248 g/mol. The van der Waals surface area contributed by atoms with Crippen molar-refractivity contribution in [3.8, 4) is 0 Å². The summed E-state index contributed by atoms with van der Waals surface area (Å²) in [5, 5.41) is 0.927. The predicted molar refractivity (Wildman–Crippen MR) is 58.9 cm³/mol. The van der Waals surface area contributed by atoms with Crippen LogP contribution < -0.4 is 0 Å². The average molecular weight is 249 g/mol. The van der Waals surface area contributed by atoms with Gasteiger partial charge in [-0.2, -0.15) is 0 Å². The van der Waals surface area contributed by atoms with Crippen molar-refractivity contribution in [2.75, 3.05) is 11.9 Å². The Kier molecular flexibility index (Phi) is 8.14. The Morgan fingerprint density at radius 2 is 2.31 bits per heavy atom. The quantitative estimate of drug-likeness (QED) is 0.298. The highest BCUT2D eigenvalue weighted by Crippen LogP contribution is 2.06. The first-order chi connectivity index (χ1) is 6.24. The van der Waals surface area contributed by atoms with Crippen LogP contribution in [0.5, 0.6) is 0 Å². The molecule has 0 bridgehead atoms. The van der Waals surface area contributed by atoms with Crippen LogP contribution in [0.15, 0.2) is 24.5 Å².